The van der Waals surface area contributed by atoms with Crippen molar-refractivity contribution in [3.63, 3.8) is 0 Å². The summed E-state index contributed by atoms with van der Waals surface area (Å²) in [6, 6.07) is 7.94. The number of nitrogens with zero attached hydrogens (tertiary/aromatic N) is 1. The lowest BCUT2D eigenvalue weighted by Gasteiger charge is -2.10. The highest BCUT2D eigenvalue weighted by Crippen LogP contribution is 2.34. The van der Waals surface area contributed by atoms with Crippen molar-refractivity contribution >= 4 is 39.2 Å². The standard InChI is InChI=1S/C16H16F2N2O4S3/c17-16(18)24-12-5-3-11(4-6-12)15(21)19-27(22,23)14-8-7-13(25-14)26-20-9-1-2-10-20/h3-8,16H,1-2,9-10H2,(H,19,21). The Balaban J connectivity index is 1.65. The Hall–Kier alpha value is -1.69. The molecule has 1 saturated heterocycles. The van der Waals surface area contributed by atoms with Crippen LogP contribution in [0.1, 0.15) is 23.2 Å². The summed E-state index contributed by atoms with van der Waals surface area (Å²) in [5.41, 5.74) is 0.0170. The van der Waals surface area contributed by atoms with Gasteiger partial charge in [-0.3, -0.25) is 4.79 Å². The molecule has 27 heavy (non-hydrogen) atoms. The monoisotopic (exact) mass is 434 g/mol. The Morgan fingerprint density at radius 3 is 2.44 bits per heavy atom. The lowest BCUT2D eigenvalue weighted by molar-refractivity contribution is -0.0498. The van der Waals surface area contributed by atoms with Gasteiger partial charge in [-0.2, -0.15) is 8.78 Å². The topological polar surface area (TPSA) is 75.7 Å². The number of ether oxygens (including phenoxy) is 1. The van der Waals surface area contributed by atoms with Gasteiger partial charge in [-0.15, -0.1) is 11.3 Å². The molecule has 0 spiro atoms. The van der Waals surface area contributed by atoms with Crippen LogP contribution in [0.2, 0.25) is 0 Å². The molecule has 0 aliphatic carbocycles. The first-order chi connectivity index (χ1) is 12.8. The predicted molar refractivity (Wildman–Crippen MR) is 98.7 cm³/mol. The van der Waals surface area contributed by atoms with Gasteiger partial charge in [-0.25, -0.2) is 17.4 Å². The minimum absolute atomic E-state index is 0.0170. The van der Waals surface area contributed by atoms with Gasteiger partial charge < -0.3 is 4.74 Å². The molecular weight excluding hydrogens is 418 g/mol. The van der Waals surface area contributed by atoms with Gasteiger partial charge in [0.2, 0.25) is 0 Å². The van der Waals surface area contributed by atoms with Crippen LogP contribution in [-0.4, -0.2) is 38.3 Å². The summed E-state index contributed by atoms with van der Waals surface area (Å²) in [6.45, 7) is -1.05. The molecule has 1 aliphatic heterocycles. The molecule has 2 heterocycles. The normalized spacial score (nSPS) is 15.2. The van der Waals surface area contributed by atoms with E-state index in [2.05, 4.69) is 9.04 Å². The van der Waals surface area contributed by atoms with Gasteiger partial charge in [0.15, 0.2) is 0 Å². The molecule has 11 heteroatoms. The number of alkyl halides is 2. The number of hydrogen-bond acceptors (Lipinski definition) is 7. The number of thiophene rings is 1. The molecule has 0 saturated carbocycles. The molecule has 1 aromatic carbocycles. The summed E-state index contributed by atoms with van der Waals surface area (Å²) in [4.78, 5) is 12.2. The molecule has 1 amide bonds. The van der Waals surface area contributed by atoms with E-state index in [1.165, 1.54) is 42.3 Å². The Labute approximate surface area is 163 Å². The summed E-state index contributed by atoms with van der Waals surface area (Å²) in [5.74, 6) is -0.966. The first-order valence-electron chi connectivity index (χ1n) is 7.98. The molecule has 2 aromatic rings. The van der Waals surface area contributed by atoms with E-state index in [9.17, 15) is 22.0 Å². The number of carbonyl (C=O) groups excluding carboxylic acids is 1. The number of sulfonamides is 1. The molecule has 3 rings (SSSR count). The molecule has 0 radical (unpaired) electrons. The first kappa shape index (κ1) is 20.1. The first-order valence-corrected chi connectivity index (χ1v) is 11.1. The highest BCUT2D eigenvalue weighted by Gasteiger charge is 2.22. The molecule has 0 atom stereocenters. The lowest BCUT2D eigenvalue weighted by Crippen LogP contribution is -2.29. The molecule has 1 aliphatic rings. The van der Waals surface area contributed by atoms with Gasteiger partial charge in [-0.05, 0) is 61.2 Å². The minimum Gasteiger partial charge on any atom is -0.435 e. The summed E-state index contributed by atoms with van der Waals surface area (Å²) in [7, 11) is -4.01. The van der Waals surface area contributed by atoms with Crippen molar-refractivity contribution in [2.45, 2.75) is 27.9 Å². The SMILES string of the molecule is O=C(NS(=O)(=O)c1ccc(SN2CCCC2)s1)c1ccc(OC(F)F)cc1. The van der Waals surface area contributed by atoms with E-state index in [0.29, 0.717) is 0 Å². The average Bonchev–Trinajstić information content (AvgIpc) is 3.27. The molecular formula is C16H16F2N2O4S3. The van der Waals surface area contributed by atoms with Crippen molar-refractivity contribution in [2.75, 3.05) is 13.1 Å². The zero-order valence-corrected chi connectivity index (χ0v) is 16.4. The second-order valence-corrected chi connectivity index (χ2v) is 10.0. The van der Waals surface area contributed by atoms with Gasteiger partial charge in [0.1, 0.15) is 9.96 Å². The number of hydrogen-bond donors (Lipinski definition) is 1. The molecule has 146 valence electrons. The lowest BCUT2D eigenvalue weighted by atomic mass is 10.2. The molecule has 0 unspecified atom stereocenters. The minimum atomic E-state index is -4.01. The fourth-order valence-corrected chi connectivity index (χ4v) is 6.15. The smallest absolute Gasteiger partial charge is 0.387 e. The van der Waals surface area contributed by atoms with Crippen molar-refractivity contribution in [1.82, 2.24) is 9.03 Å². The molecule has 0 bridgehead atoms. The molecule has 1 fully saturated rings. The number of rotatable bonds is 7. The maximum Gasteiger partial charge on any atom is 0.387 e. The van der Waals surface area contributed by atoms with E-state index < -0.39 is 22.5 Å². The van der Waals surface area contributed by atoms with Gasteiger partial charge in [0.05, 0.1) is 4.21 Å². The summed E-state index contributed by atoms with van der Waals surface area (Å²) < 4.78 is 58.3. The van der Waals surface area contributed by atoms with Crippen molar-refractivity contribution < 1.29 is 26.7 Å². The van der Waals surface area contributed by atoms with Crippen LogP contribution < -0.4 is 9.46 Å². The van der Waals surface area contributed by atoms with Crippen LogP contribution in [0.15, 0.2) is 44.8 Å². The molecule has 6 nitrogen and oxygen atoms in total. The van der Waals surface area contributed by atoms with Gasteiger partial charge in [0.25, 0.3) is 15.9 Å². The van der Waals surface area contributed by atoms with E-state index in [4.69, 9.17) is 0 Å². The van der Waals surface area contributed by atoms with E-state index in [0.717, 1.165) is 41.5 Å². The Kier molecular flexibility index (Phi) is 6.35. The zero-order valence-electron chi connectivity index (χ0n) is 13.9. The van der Waals surface area contributed by atoms with Crippen molar-refractivity contribution in [2.24, 2.45) is 0 Å². The highest BCUT2D eigenvalue weighted by molar-refractivity contribution is 7.99. The van der Waals surface area contributed by atoms with Crippen molar-refractivity contribution in [3.8, 4) is 5.75 Å². The van der Waals surface area contributed by atoms with E-state index in [1.54, 1.807) is 6.07 Å². The number of nitrogens with one attached hydrogen (secondary N) is 1. The fraction of sp³-hybridized carbons (Fsp3) is 0.312. The summed E-state index contributed by atoms with van der Waals surface area (Å²) in [5, 5.41) is 0. The maximum atomic E-state index is 12.4. The van der Waals surface area contributed by atoms with Crippen molar-refractivity contribution in [3.05, 3.63) is 42.0 Å². The third-order valence-electron chi connectivity index (χ3n) is 3.67. The summed E-state index contributed by atoms with van der Waals surface area (Å²) in [6.07, 6.45) is 2.25. The van der Waals surface area contributed by atoms with Crippen LogP contribution in [0.25, 0.3) is 0 Å². The van der Waals surface area contributed by atoms with E-state index in [-0.39, 0.29) is 15.5 Å². The van der Waals surface area contributed by atoms with Gasteiger partial charge in [-0.1, -0.05) is 0 Å². The predicted octanol–water partition coefficient (Wildman–Crippen LogP) is 3.57. The Bertz CT molecular complexity index is 895. The maximum absolute atomic E-state index is 12.4. The molecule has 1 N–H and O–H groups in total. The van der Waals surface area contributed by atoms with Crippen LogP contribution in [0.5, 0.6) is 5.75 Å². The van der Waals surface area contributed by atoms with Gasteiger partial charge >= 0.3 is 6.61 Å². The third kappa shape index (κ3) is 5.41. The largest absolute Gasteiger partial charge is 0.435 e. The molecule has 1 aromatic heterocycles. The quantitative estimate of drug-likeness (QED) is 0.672. The fourth-order valence-electron chi connectivity index (χ4n) is 2.42. The van der Waals surface area contributed by atoms with Crippen molar-refractivity contribution in [1.29, 1.82) is 0 Å². The zero-order chi connectivity index (χ0) is 19.4. The highest BCUT2D eigenvalue weighted by atomic mass is 32.3. The van der Waals surface area contributed by atoms with Crippen LogP contribution >= 0.6 is 23.3 Å². The Morgan fingerprint density at radius 2 is 1.81 bits per heavy atom. The van der Waals surface area contributed by atoms with Crippen LogP contribution in [0.3, 0.4) is 0 Å². The number of carbonyl (C=O) groups is 1. The number of amides is 1. The van der Waals surface area contributed by atoms with Gasteiger partial charge in [0, 0.05) is 18.7 Å². The second kappa shape index (κ2) is 8.55. The van der Waals surface area contributed by atoms with E-state index >= 15 is 0 Å². The average molecular weight is 435 g/mol. The summed E-state index contributed by atoms with van der Waals surface area (Å²) >= 11 is 2.60. The third-order valence-corrected chi connectivity index (χ3v) is 7.79. The Morgan fingerprint density at radius 1 is 1.15 bits per heavy atom. The van der Waals surface area contributed by atoms with Crippen LogP contribution in [-0.2, 0) is 10.0 Å². The number of benzene rings is 1. The number of halogens is 2. The second-order valence-electron chi connectivity index (χ2n) is 5.64. The van der Waals surface area contributed by atoms with E-state index in [1.807, 2.05) is 4.72 Å². The van der Waals surface area contributed by atoms with Crippen LogP contribution in [0.4, 0.5) is 8.78 Å². The van der Waals surface area contributed by atoms with Crippen LogP contribution in [0, 0.1) is 0 Å².